The summed E-state index contributed by atoms with van der Waals surface area (Å²) in [7, 11) is 0. The molecule has 0 radical (unpaired) electrons. The van der Waals surface area contributed by atoms with Crippen LogP contribution < -0.4 is 10.6 Å². The van der Waals surface area contributed by atoms with Gasteiger partial charge in [0.05, 0.1) is 28.8 Å². The Morgan fingerprint density at radius 1 is 1.00 bits per heavy atom. The molecule has 1 amide bonds. The van der Waals surface area contributed by atoms with Gasteiger partial charge in [-0.3, -0.25) is 4.79 Å². The number of rotatable bonds is 9. The molecule has 0 bridgehead atoms. The molecule has 0 aliphatic carbocycles. The summed E-state index contributed by atoms with van der Waals surface area (Å²) in [4.78, 5) is 37.4. The van der Waals surface area contributed by atoms with Gasteiger partial charge in [-0.1, -0.05) is 47.5 Å². The van der Waals surface area contributed by atoms with E-state index < -0.39 is 35.8 Å². The molecule has 0 fully saturated rings. The summed E-state index contributed by atoms with van der Waals surface area (Å²) in [6.45, 7) is 8.29. The van der Waals surface area contributed by atoms with Crippen molar-refractivity contribution in [3.8, 4) is 0 Å². The van der Waals surface area contributed by atoms with Gasteiger partial charge in [0.2, 0.25) is 0 Å². The van der Waals surface area contributed by atoms with Crippen molar-refractivity contribution in [2.24, 2.45) is 0 Å². The fraction of sp³-hybridized carbons (Fsp3) is 0.400. The Balaban J connectivity index is 2.13. The lowest BCUT2D eigenvalue weighted by Crippen LogP contribution is -2.51. The van der Waals surface area contributed by atoms with E-state index >= 15 is 0 Å². The molecule has 0 unspecified atom stereocenters. The van der Waals surface area contributed by atoms with Crippen LogP contribution in [0.4, 0.5) is 16.2 Å². The average Bonchev–Trinajstić information content (AvgIpc) is 2.74. The predicted octanol–water partition coefficient (Wildman–Crippen LogP) is 5.67. The first-order chi connectivity index (χ1) is 16.4. The van der Waals surface area contributed by atoms with E-state index in [1.807, 2.05) is 0 Å². The van der Waals surface area contributed by atoms with Crippen molar-refractivity contribution in [2.75, 3.05) is 11.9 Å². The van der Waals surface area contributed by atoms with Crippen molar-refractivity contribution in [3.05, 3.63) is 58.1 Å². The van der Waals surface area contributed by atoms with E-state index in [0.29, 0.717) is 27.0 Å². The van der Waals surface area contributed by atoms with Crippen LogP contribution in [0, 0.1) is 0 Å². The van der Waals surface area contributed by atoms with Gasteiger partial charge < -0.3 is 24.8 Å². The third-order valence-corrected chi connectivity index (χ3v) is 5.20. The molecule has 35 heavy (non-hydrogen) atoms. The van der Waals surface area contributed by atoms with E-state index in [-0.39, 0.29) is 13.0 Å². The van der Waals surface area contributed by atoms with E-state index in [1.54, 1.807) is 70.2 Å². The van der Waals surface area contributed by atoms with Crippen molar-refractivity contribution in [1.82, 2.24) is 5.32 Å². The topological polar surface area (TPSA) is 103 Å². The summed E-state index contributed by atoms with van der Waals surface area (Å²) >= 11 is 12.5. The second kappa shape index (κ2) is 12.7. The van der Waals surface area contributed by atoms with Gasteiger partial charge in [-0.05, 0) is 58.4 Å². The van der Waals surface area contributed by atoms with Crippen LogP contribution in [-0.4, -0.2) is 42.4 Å². The molecule has 0 saturated carbocycles. The third-order valence-electron chi connectivity index (χ3n) is 4.57. The number of hydrogen-bond donors (Lipinski definition) is 2. The minimum absolute atomic E-state index is 0.0929. The molecule has 0 aromatic heterocycles. The number of anilines is 2. The van der Waals surface area contributed by atoms with Crippen molar-refractivity contribution in [1.29, 1.82) is 0 Å². The Morgan fingerprint density at radius 2 is 1.63 bits per heavy atom. The van der Waals surface area contributed by atoms with Crippen LogP contribution in [0.3, 0.4) is 0 Å². The molecule has 2 N–H and O–H groups in total. The Hall–Kier alpha value is -2.97. The van der Waals surface area contributed by atoms with Crippen LogP contribution in [0.2, 0.25) is 10.0 Å². The molecule has 2 aromatic rings. The van der Waals surface area contributed by atoms with Gasteiger partial charge in [0.15, 0.2) is 6.04 Å². The highest BCUT2D eigenvalue weighted by atomic mass is 35.5. The molecule has 2 aromatic carbocycles. The Bertz CT molecular complexity index is 1030. The van der Waals surface area contributed by atoms with Gasteiger partial charge in [0.1, 0.15) is 11.7 Å². The van der Waals surface area contributed by atoms with Crippen LogP contribution in [0.15, 0.2) is 42.5 Å². The average molecular weight is 525 g/mol. The normalized spacial score (nSPS) is 12.8. The molecular weight excluding hydrogens is 495 g/mol. The van der Waals surface area contributed by atoms with Gasteiger partial charge in [0, 0.05) is 5.69 Å². The standard InChI is InChI=1S/C25H30Cl2N2O6/c1-6-33-23(31)21(29-24(32)35-25(3,4)5)15(2)34-20(30)14-16-10-7-8-13-19(16)28-22-17(26)11-9-12-18(22)27/h7-13,15,21,28H,6,14H2,1-5H3,(H,29,32)/t15-,21+/m1/s1. The quantitative estimate of drug-likeness (QED) is 0.321. The second-order valence-electron chi connectivity index (χ2n) is 8.63. The highest BCUT2D eigenvalue weighted by Gasteiger charge is 2.32. The maximum absolute atomic E-state index is 12.8. The van der Waals surface area contributed by atoms with E-state index in [1.165, 1.54) is 6.92 Å². The number of alkyl carbamates (subject to hydrolysis) is 1. The maximum atomic E-state index is 12.8. The lowest BCUT2D eigenvalue weighted by molar-refractivity contribution is -0.156. The Labute approximate surface area is 215 Å². The molecule has 0 saturated heterocycles. The van der Waals surface area contributed by atoms with Gasteiger partial charge in [-0.2, -0.15) is 0 Å². The van der Waals surface area contributed by atoms with Crippen LogP contribution in [0.1, 0.15) is 40.2 Å². The van der Waals surface area contributed by atoms with Crippen molar-refractivity contribution < 1.29 is 28.6 Å². The lowest BCUT2D eigenvalue weighted by Gasteiger charge is -2.26. The van der Waals surface area contributed by atoms with E-state index in [2.05, 4.69) is 10.6 Å². The maximum Gasteiger partial charge on any atom is 0.408 e. The van der Waals surface area contributed by atoms with E-state index in [4.69, 9.17) is 37.4 Å². The molecular formula is C25H30Cl2N2O6. The number of para-hydroxylation sites is 2. The number of ether oxygens (including phenoxy) is 3. The number of hydrogen-bond acceptors (Lipinski definition) is 7. The predicted molar refractivity (Wildman–Crippen MR) is 135 cm³/mol. The number of esters is 2. The molecule has 10 heteroatoms. The first-order valence-electron chi connectivity index (χ1n) is 11.1. The van der Waals surface area contributed by atoms with Gasteiger partial charge in [0.25, 0.3) is 0 Å². The molecule has 2 rings (SSSR count). The summed E-state index contributed by atoms with van der Waals surface area (Å²) in [6.07, 6.45) is -1.96. The summed E-state index contributed by atoms with van der Waals surface area (Å²) < 4.78 is 15.7. The highest BCUT2D eigenvalue weighted by molar-refractivity contribution is 6.39. The molecule has 0 aliphatic heterocycles. The molecule has 0 aliphatic rings. The van der Waals surface area contributed by atoms with Crippen LogP contribution >= 0.6 is 23.2 Å². The fourth-order valence-corrected chi connectivity index (χ4v) is 3.55. The Morgan fingerprint density at radius 3 is 2.23 bits per heavy atom. The number of benzene rings is 2. The van der Waals surface area contributed by atoms with Crippen molar-refractivity contribution in [2.45, 2.75) is 58.8 Å². The SMILES string of the molecule is CCOC(=O)[C@@H](NC(=O)OC(C)(C)C)[C@@H](C)OC(=O)Cc1ccccc1Nc1c(Cl)cccc1Cl. The first kappa shape index (κ1) is 28.3. The minimum atomic E-state index is -1.25. The largest absolute Gasteiger partial charge is 0.464 e. The van der Waals surface area contributed by atoms with Crippen LogP contribution in [0.5, 0.6) is 0 Å². The summed E-state index contributed by atoms with van der Waals surface area (Å²) in [5.41, 5.74) is 0.966. The molecule has 8 nitrogen and oxygen atoms in total. The summed E-state index contributed by atoms with van der Waals surface area (Å²) in [5, 5.41) is 6.43. The van der Waals surface area contributed by atoms with Crippen LogP contribution in [0.25, 0.3) is 0 Å². The number of nitrogens with one attached hydrogen (secondary N) is 2. The molecule has 0 heterocycles. The number of halogens is 2. The Kier molecular flexibility index (Phi) is 10.2. The highest BCUT2D eigenvalue weighted by Crippen LogP contribution is 2.33. The zero-order valence-corrected chi connectivity index (χ0v) is 21.8. The minimum Gasteiger partial charge on any atom is -0.464 e. The van der Waals surface area contributed by atoms with Crippen LogP contribution in [-0.2, 0) is 30.2 Å². The van der Waals surface area contributed by atoms with Crippen molar-refractivity contribution in [3.63, 3.8) is 0 Å². The van der Waals surface area contributed by atoms with Crippen molar-refractivity contribution >= 4 is 52.6 Å². The fourth-order valence-electron chi connectivity index (χ4n) is 3.06. The number of amides is 1. The van der Waals surface area contributed by atoms with Gasteiger partial charge in [-0.15, -0.1) is 0 Å². The summed E-state index contributed by atoms with van der Waals surface area (Å²) in [6, 6.07) is 11.0. The summed E-state index contributed by atoms with van der Waals surface area (Å²) in [5.74, 6) is -1.36. The smallest absolute Gasteiger partial charge is 0.408 e. The molecule has 0 spiro atoms. The number of carbonyl (C=O) groups excluding carboxylic acids is 3. The van der Waals surface area contributed by atoms with E-state index in [0.717, 1.165) is 0 Å². The van der Waals surface area contributed by atoms with Gasteiger partial charge >= 0.3 is 18.0 Å². The second-order valence-corrected chi connectivity index (χ2v) is 9.44. The van der Waals surface area contributed by atoms with E-state index in [9.17, 15) is 14.4 Å². The molecule has 2 atom stereocenters. The lowest BCUT2D eigenvalue weighted by atomic mass is 10.1. The molecule has 190 valence electrons. The zero-order valence-electron chi connectivity index (χ0n) is 20.3. The van der Waals surface area contributed by atoms with Gasteiger partial charge in [-0.25, -0.2) is 9.59 Å². The first-order valence-corrected chi connectivity index (χ1v) is 11.8. The number of carbonyl (C=O) groups is 3. The zero-order chi connectivity index (χ0) is 26.2. The third kappa shape index (κ3) is 8.96. The monoisotopic (exact) mass is 524 g/mol.